The Morgan fingerprint density at radius 1 is 1.38 bits per heavy atom. The Hall–Kier alpha value is -1.55. The van der Waals surface area contributed by atoms with Crippen molar-refractivity contribution < 1.29 is 9.53 Å². The van der Waals surface area contributed by atoms with E-state index in [0.717, 1.165) is 37.2 Å². The smallest absolute Gasteiger partial charge is 0.258 e. The van der Waals surface area contributed by atoms with Gasteiger partial charge in [-0.1, -0.05) is 31.5 Å². The highest BCUT2D eigenvalue weighted by atomic mass is 16.5. The first-order chi connectivity index (χ1) is 10.0. The van der Waals surface area contributed by atoms with E-state index in [-0.39, 0.29) is 12.5 Å². The lowest BCUT2D eigenvalue weighted by Crippen LogP contribution is -2.30. The lowest BCUT2D eigenvalue weighted by atomic mass is 10.1. The molecule has 1 fully saturated rings. The van der Waals surface area contributed by atoms with Crippen LogP contribution in [-0.4, -0.2) is 25.1 Å². The highest BCUT2D eigenvalue weighted by Crippen LogP contribution is 2.21. The molecule has 4 heteroatoms. The van der Waals surface area contributed by atoms with Crippen LogP contribution in [0.4, 0.5) is 0 Å². The fourth-order valence-corrected chi connectivity index (χ4v) is 2.12. The van der Waals surface area contributed by atoms with Gasteiger partial charge in [0.25, 0.3) is 5.91 Å². The predicted octanol–water partition coefficient (Wildman–Crippen LogP) is 2.40. The minimum atomic E-state index is -0.0286. The molecule has 1 saturated carbocycles. The number of carbonyl (C=O) groups is 1. The van der Waals surface area contributed by atoms with Gasteiger partial charge in [-0.3, -0.25) is 4.79 Å². The van der Waals surface area contributed by atoms with Crippen LogP contribution in [-0.2, 0) is 11.3 Å². The second-order valence-electron chi connectivity index (χ2n) is 6.27. The van der Waals surface area contributed by atoms with E-state index in [1.807, 2.05) is 12.1 Å². The first-order valence-electron chi connectivity index (χ1n) is 7.77. The molecule has 0 atom stereocenters. The van der Waals surface area contributed by atoms with Crippen molar-refractivity contribution >= 4 is 5.91 Å². The molecule has 2 rings (SSSR count). The fourth-order valence-electron chi connectivity index (χ4n) is 2.12. The first kappa shape index (κ1) is 15.8. The van der Waals surface area contributed by atoms with Crippen molar-refractivity contribution in [2.24, 2.45) is 5.92 Å². The van der Waals surface area contributed by atoms with E-state index in [9.17, 15) is 4.79 Å². The Kier molecular flexibility index (Phi) is 5.62. The molecule has 0 unspecified atom stereocenters. The van der Waals surface area contributed by atoms with Gasteiger partial charge in [0, 0.05) is 18.2 Å². The minimum Gasteiger partial charge on any atom is -0.483 e. The van der Waals surface area contributed by atoms with Crippen molar-refractivity contribution in [3.8, 4) is 5.75 Å². The second-order valence-corrected chi connectivity index (χ2v) is 6.27. The first-order valence-corrected chi connectivity index (χ1v) is 7.77. The molecule has 0 heterocycles. The topological polar surface area (TPSA) is 50.4 Å². The summed E-state index contributed by atoms with van der Waals surface area (Å²) in [5.41, 5.74) is 2.31. The summed E-state index contributed by atoms with van der Waals surface area (Å²) in [6.45, 7) is 8.26. The monoisotopic (exact) mass is 290 g/mol. The Morgan fingerprint density at radius 3 is 2.81 bits per heavy atom. The molecule has 0 radical (unpaired) electrons. The standard InChI is InChI=1S/C17H26N2O2/c1-12(2)9-18-10-14-8-13(3)4-7-16(14)21-11-17(20)19-15-5-6-15/h4,7-8,12,15,18H,5-6,9-11H2,1-3H3,(H,19,20). The summed E-state index contributed by atoms with van der Waals surface area (Å²) in [6, 6.07) is 6.46. The van der Waals surface area contributed by atoms with Gasteiger partial charge in [0.2, 0.25) is 0 Å². The van der Waals surface area contributed by atoms with E-state index in [1.54, 1.807) is 0 Å². The number of benzene rings is 1. The van der Waals surface area contributed by atoms with Crippen LogP contribution in [0, 0.1) is 12.8 Å². The molecule has 1 aliphatic rings. The lowest BCUT2D eigenvalue weighted by Gasteiger charge is -2.14. The molecule has 1 aromatic rings. The van der Waals surface area contributed by atoms with E-state index in [4.69, 9.17) is 4.74 Å². The SMILES string of the molecule is Cc1ccc(OCC(=O)NC2CC2)c(CNCC(C)C)c1. The number of ether oxygens (including phenoxy) is 1. The third kappa shape index (κ3) is 5.76. The Labute approximate surface area is 127 Å². The molecule has 2 N–H and O–H groups in total. The highest BCUT2D eigenvalue weighted by molar-refractivity contribution is 5.78. The third-order valence-electron chi connectivity index (χ3n) is 3.39. The number of aryl methyl sites for hydroxylation is 1. The number of carbonyl (C=O) groups excluding carboxylic acids is 1. The summed E-state index contributed by atoms with van der Waals surface area (Å²) in [5.74, 6) is 1.38. The molecule has 0 saturated heterocycles. The molecule has 0 bridgehead atoms. The molecule has 21 heavy (non-hydrogen) atoms. The van der Waals surface area contributed by atoms with Crippen molar-refractivity contribution in [2.45, 2.75) is 46.2 Å². The normalized spacial score (nSPS) is 14.3. The van der Waals surface area contributed by atoms with E-state index < -0.39 is 0 Å². The van der Waals surface area contributed by atoms with Gasteiger partial charge in [0.1, 0.15) is 5.75 Å². The van der Waals surface area contributed by atoms with E-state index >= 15 is 0 Å². The average molecular weight is 290 g/mol. The van der Waals surface area contributed by atoms with E-state index in [0.29, 0.717) is 12.0 Å². The summed E-state index contributed by atoms with van der Waals surface area (Å²) in [6.07, 6.45) is 2.20. The second kappa shape index (κ2) is 7.46. The maximum atomic E-state index is 11.7. The molecular formula is C17H26N2O2. The molecule has 4 nitrogen and oxygen atoms in total. The van der Waals surface area contributed by atoms with Crippen LogP contribution in [0.2, 0.25) is 0 Å². The average Bonchev–Trinajstić information content (AvgIpc) is 3.21. The summed E-state index contributed by atoms with van der Waals surface area (Å²) < 4.78 is 5.69. The Balaban J connectivity index is 1.88. The van der Waals surface area contributed by atoms with E-state index in [2.05, 4.69) is 37.5 Å². The largest absolute Gasteiger partial charge is 0.483 e. The van der Waals surface area contributed by atoms with Crippen LogP contribution in [0.5, 0.6) is 5.75 Å². The predicted molar refractivity (Wildman–Crippen MR) is 84.4 cm³/mol. The number of hydrogen-bond donors (Lipinski definition) is 2. The number of hydrogen-bond acceptors (Lipinski definition) is 3. The summed E-state index contributed by atoms with van der Waals surface area (Å²) in [7, 11) is 0. The van der Waals surface area contributed by atoms with Crippen LogP contribution >= 0.6 is 0 Å². The van der Waals surface area contributed by atoms with Crippen molar-refractivity contribution in [1.29, 1.82) is 0 Å². The Morgan fingerprint density at radius 2 is 2.14 bits per heavy atom. The molecule has 0 spiro atoms. The fraction of sp³-hybridized carbons (Fsp3) is 0.588. The van der Waals surface area contributed by atoms with Crippen LogP contribution in [0.3, 0.4) is 0 Å². The number of rotatable bonds is 8. The van der Waals surface area contributed by atoms with Crippen LogP contribution in [0.1, 0.15) is 37.8 Å². The van der Waals surface area contributed by atoms with Crippen LogP contribution < -0.4 is 15.4 Å². The quantitative estimate of drug-likeness (QED) is 0.773. The molecule has 0 aliphatic heterocycles. The maximum Gasteiger partial charge on any atom is 0.258 e. The minimum absolute atomic E-state index is 0.0286. The van der Waals surface area contributed by atoms with Crippen molar-refractivity contribution in [1.82, 2.24) is 10.6 Å². The summed E-state index contributed by atoms with van der Waals surface area (Å²) in [4.78, 5) is 11.7. The summed E-state index contributed by atoms with van der Waals surface area (Å²) in [5, 5.41) is 6.35. The van der Waals surface area contributed by atoms with Gasteiger partial charge in [-0.15, -0.1) is 0 Å². The maximum absolute atomic E-state index is 11.7. The molecule has 1 amide bonds. The molecule has 0 aromatic heterocycles. The summed E-state index contributed by atoms with van der Waals surface area (Å²) >= 11 is 0. The molecule has 1 aromatic carbocycles. The van der Waals surface area contributed by atoms with Gasteiger partial charge in [-0.2, -0.15) is 0 Å². The van der Waals surface area contributed by atoms with Gasteiger partial charge < -0.3 is 15.4 Å². The molecule has 116 valence electrons. The third-order valence-corrected chi connectivity index (χ3v) is 3.39. The number of amides is 1. The zero-order valence-electron chi connectivity index (χ0n) is 13.2. The molecule has 1 aliphatic carbocycles. The van der Waals surface area contributed by atoms with Gasteiger partial charge in [-0.05, 0) is 38.3 Å². The van der Waals surface area contributed by atoms with Crippen LogP contribution in [0.25, 0.3) is 0 Å². The van der Waals surface area contributed by atoms with Crippen molar-refractivity contribution in [2.75, 3.05) is 13.2 Å². The zero-order valence-corrected chi connectivity index (χ0v) is 13.2. The van der Waals surface area contributed by atoms with Gasteiger partial charge in [-0.25, -0.2) is 0 Å². The van der Waals surface area contributed by atoms with Gasteiger partial charge in [0.15, 0.2) is 6.61 Å². The van der Waals surface area contributed by atoms with Crippen molar-refractivity contribution in [3.63, 3.8) is 0 Å². The van der Waals surface area contributed by atoms with Gasteiger partial charge in [0.05, 0.1) is 0 Å². The number of nitrogens with one attached hydrogen (secondary N) is 2. The van der Waals surface area contributed by atoms with Gasteiger partial charge >= 0.3 is 0 Å². The lowest BCUT2D eigenvalue weighted by molar-refractivity contribution is -0.123. The molecular weight excluding hydrogens is 264 g/mol. The zero-order chi connectivity index (χ0) is 15.2. The highest BCUT2D eigenvalue weighted by Gasteiger charge is 2.23. The van der Waals surface area contributed by atoms with Crippen LogP contribution in [0.15, 0.2) is 18.2 Å². The Bertz CT molecular complexity index is 482. The van der Waals surface area contributed by atoms with Crippen molar-refractivity contribution in [3.05, 3.63) is 29.3 Å². The van der Waals surface area contributed by atoms with E-state index in [1.165, 1.54) is 5.56 Å².